The first kappa shape index (κ1) is 27.4. The lowest BCUT2D eigenvalue weighted by Gasteiger charge is -2.24. The molecule has 0 aliphatic heterocycles. The summed E-state index contributed by atoms with van der Waals surface area (Å²) in [6.45, 7) is 10.0. The van der Waals surface area contributed by atoms with Crippen molar-refractivity contribution in [3.63, 3.8) is 0 Å². The molecular formula is C28H34N2O5S. The molecule has 0 spiro atoms. The van der Waals surface area contributed by atoms with E-state index in [9.17, 15) is 13.2 Å². The van der Waals surface area contributed by atoms with Crippen molar-refractivity contribution in [2.45, 2.75) is 64.1 Å². The Morgan fingerprint density at radius 2 is 1.67 bits per heavy atom. The van der Waals surface area contributed by atoms with E-state index in [1.165, 1.54) is 22.1 Å². The van der Waals surface area contributed by atoms with Crippen LogP contribution < -0.4 is 4.74 Å². The minimum atomic E-state index is -3.83. The summed E-state index contributed by atoms with van der Waals surface area (Å²) in [4.78, 5) is 15.9. The van der Waals surface area contributed by atoms with Gasteiger partial charge in [0.25, 0.3) is 0 Å². The van der Waals surface area contributed by atoms with Gasteiger partial charge in [0.05, 0.1) is 6.10 Å². The zero-order valence-corrected chi connectivity index (χ0v) is 22.3. The normalized spacial score (nSPS) is 12.1. The molecule has 3 aromatic rings. The summed E-state index contributed by atoms with van der Waals surface area (Å²) in [5.41, 5.74) is 2.78. The molecule has 0 saturated carbocycles. The Morgan fingerprint density at radius 1 is 0.972 bits per heavy atom. The summed E-state index contributed by atoms with van der Waals surface area (Å²) in [7, 11) is -3.83. The molecule has 0 amide bonds. The zero-order valence-electron chi connectivity index (χ0n) is 21.5. The lowest BCUT2D eigenvalue weighted by molar-refractivity contribution is -0.149. The van der Waals surface area contributed by atoms with Gasteiger partial charge in [0, 0.05) is 25.5 Å². The number of carbonyl (C=O) groups excluding carboxylic acids is 1. The molecule has 0 N–H and O–H groups in total. The van der Waals surface area contributed by atoms with E-state index in [1.54, 1.807) is 44.3 Å². The molecule has 3 rings (SSSR count). The fourth-order valence-corrected chi connectivity index (χ4v) is 4.95. The second kappa shape index (κ2) is 11.7. The van der Waals surface area contributed by atoms with Crippen LogP contribution in [-0.4, -0.2) is 36.4 Å². The Kier molecular flexibility index (Phi) is 8.87. The predicted octanol–water partition coefficient (Wildman–Crippen LogP) is 5.10. The van der Waals surface area contributed by atoms with Crippen molar-refractivity contribution in [2.75, 3.05) is 6.61 Å². The number of nitrogens with zero attached hydrogens (tertiary/aromatic N) is 2. The van der Waals surface area contributed by atoms with Crippen molar-refractivity contribution in [3.05, 3.63) is 89.7 Å². The maximum atomic E-state index is 13.6. The third-order valence-electron chi connectivity index (χ3n) is 5.43. The summed E-state index contributed by atoms with van der Waals surface area (Å²) < 4.78 is 39.2. The molecular weight excluding hydrogens is 476 g/mol. The second-order valence-electron chi connectivity index (χ2n) is 9.88. The molecule has 0 saturated heterocycles. The van der Waals surface area contributed by atoms with E-state index in [4.69, 9.17) is 9.47 Å². The van der Waals surface area contributed by atoms with Gasteiger partial charge in [-0.3, -0.25) is 4.98 Å². The topological polar surface area (TPSA) is 85.8 Å². The highest BCUT2D eigenvalue weighted by Gasteiger charge is 2.26. The van der Waals surface area contributed by atoms with Gasteiger partial charge in [-0.05, 0) is 60.2 Å². The van der Waals surface area contributed by atoms with E-state index >= 15 is 0 Å². The van der Waals surface area contributed by atoms with Gasteiger partial charge in [0.15, 0.2) is 6.61 Å². The Balaban J connectivity index is 1.85. The van der Waals surface area contributed by atoms with E-state index in [-0.39, 0.29) is 36.1 Å². The highest BCUT2D eigenvalue weighted by Crippen LogP contribution is 2.25. The quantitative estimate of drug-likeness (QED) is 0.353. The molecule has 36 heavy (non-hydrogen) atoms. The molecule has 0 radical (unpaired) electrons. The number of aromatic nitrogens is 1. The molecule has 8 heteroatoms. The second-order valence-corrected chi connectivity index (χ2v) is 11.8. The molecule has 192 valence electrons. The minimum absolute atomic E-state index is 0.00202. The van der Waals surface area contributed by atoms with E-state index < -0.39 is 16.0 Å². The number of esters is 1. The Hall–Kier alpha value is -3.23. The van der Waals surface area contributed by atoms with Crippen LogP contribution in [0.1, 0.15) is 51.3 Å². The van der Waals surface area contributed by atoms with Crippen LogP contribution in [0.25, 0.3) is 0 Å². The van der Waals surface area contributed by atoms with Crippen LogP contribution in [-0.2, 0) is 38.1 Å². The molecule has 0 aliphatic rings. The van der Waals surface area contributed by atoms with E-state index in [0.29, 0.717) is 5.75 Å². The van der Waals surface area contributed by atoms with E-state index in [0.717, 1.165) is 11.1 Å². The third kappa shape index (κ3) is 7.63. The van der Waals surface area contributed by atoms with Gasteiger partial charge in [-0.2, -0.15) is 4.31 Å². The van der Waals surface area contributed by atoms with Crippen molar-refractivity contribution in [2.24, 2.45) is 0 Å². The standard InChI is InChI=1S/C28H34N2O5S/c1-21(2)35-27(31)20-34-25-9-6-8-23(16-25)19-30(36(32,33)26-10-7-15-29-17-26)18-22-11-13-24(14-12-22)28(3,4)5/h6-17,21H,18-20H2,1-5H3. The molecule has 7 nitrogen and oxygen atoms in total. The van der Waals surface area contributed by atoms with E-state index in [1.807, 2.05) is 30.3 Å². The number of sulfonamides is 1. The van der Waals surface area contributed by atoms with Crippen LogP contribution in [0.3, 0.4) is 0 Å². The van der Waals surface area contributed by atoms with Gasteiger partial charge < -0.3 is 9.47 Å². The number of hydrogen-bond donors (Lipinski definition) is 0. The molecule has 0 atom stereocenters. The van der Waals surface area contributed by atoms with Gasteiger partial charge in [0.1, 0.15) is 10.6 Å². The summed E-state index contributed by atoms with van der Waals surface area (Å²) in [5.74, 6) is -0.00338. The number of rotatable bonds is 10. The lowest BCUT2D eigenvalue weighted by Crippen LogP contribution is -2.30. The van der Waals surface area contributed by atoms with Crippen LogP contribution in [0.15, 0.2) is 78.0 Å². The molecule has 0 aliphatic carbocycles. The number of carbonyl (C=O) groups is 1. The van der Waals surface area contributed by atoms with Crippen LogP contribution in [0.5, 0.6) is 5.75 Å². The Morgan fingerprint density at radius 3 is 2.28 bits per heavy atom. The average Bonchev–Trinajstić information content (AvgIpc) is 2.82. The fourth-order valence-electron chi connectivity index (χ4n) is 3.56. The Bertz CT molecular complexity index is 1250. The average molecular weight is 511 g/mol. The number of pyridine rings is 1. The highest BCUT2D eigenvalue weighted by atomic mass is 32.2. The van der Waals surface area contributed by atoms with Crippen LogP contribution >= 0.6 is 0 Å². The lowest BCUT2D eigenvalue weighted by atomic mass is 9.87. The monoisotopic (exact) mass is 510 g/mol. The van der Waals surface area contributed by atoms with Crippen molar-refractivity contribution in [1.29, 1.82) is 0 Å². The highest BCUT2D eigenvalue weighted by molar-refractivity contribution is 7.89. The largest absolute Gasteiger partial charge is 0.482 e. The zero-order chi connectivity index (χ0) is 26.3. The molecule has 2 aromatic carbocycles. The van der Waals surface area contributed by atoms with Crippen LogP contribution in [0.2, 0.25) is 0 Å². The maximum absolute atomic E-state index is 13.6. The molecule has 1 aromatic heterocycles. The predicted molar refractivity (Wildman–Crippen MR) is 139 cm³/mol. The number of benzene rings is 2. The van der Waals surface area contributed by atoms with Gasteiger partial charge in [-0.15, -0.1) is 0 Å². The van der Waals surface area contributed by atoms with Crippen molar-refractivity contribution >= 4 is 16.0 Å². The maximum Gasteiger partial charge on any atom is 0.344 e. The minimum Gasteiger partial charge on any atom is -0.482 e. The SMILES string of the molecule is CC(C)OC(=O)COc1cccc(CN(Cc2ccc(C(C)(C)C)cc2)S(=O)(=O)c2cccnc2)c1. The summed E-state index contributed by atoms with van der Waals surface area (Å²) in [6, 6.07) is 18.2. The van der Waals surface area contributed by atoms with Crippen molar-refractivity contribution in [3.8, 4) is 5.75 Å². The first-order chi connectivity index (χ1) is 16.9. The third-order valence-corrected chi connectivity index (χ3v) is 7.21. The smallest absolute Gasteiger partial charge is 0.344 e. The van der Waals surface area contributed by atoms with Crippen molar-refractivity contribution in [1.82, 2.24) is 9.29 Å². The van der Waals surface area contributed by atoms with Gasteiger partial charge in [0.2, 0.25) is 10.0 Å². The molecule has 1 heterocycles. The molecule has 0 unspecified atom stereocenters. The van der Waals surface area contributed by atoms with Crippen LogP contribution in [0, 0.1) is 0 Å². The molecule has 0 fully saturated rings. The van der Waals surface area contributed by atoms with Gasteiger partial charge >= 0.3 is 5.97 Å². The fraction of sp³-hybridized carbons (Fsp3) is 0.357. The van der Waals surface area contributed by atoms with Crippen molar-refractivity contribution < 1.29 is 22.7 Å². The van der Waals surface area contributed by atoms with E-state index in [2.05, 4.69) is 25.8 Å². The van der Waals surface area contributed by atoms with Gasteiger partial charge in [-0.1, -0.05) is 57.2 Å². The summed E-state index contributed by atoms with van der Waals surface area (Å²) in [6.07, 6.45) is 2.67. The van der Waals surface area contributed by atoms with Gasteiger partial charge in [-0.25, -0.2) is 13.2 Å². The first-order valence-corrected chi connectivity index (χ1v) is 13.3. The summed E-state index contributed by atoms with van der Waals surface area (Å²) >= 11 is 0. The summed E-state index contributed by atoms with van der Waals surface area (Å²) in [5, 5.41) is 0. The molecule has 0 bridgehead atoms. The number of hydrogen-bond acceptors (Lipinski definition) is 6. The number of ether oxygens (including phenoxy) is 2. The Labute approximate surface area is 214 Å². The van der Waals surface area contributed by atoms with Crippen LogP contribution in [0.4, 0.5) is 0 Å². The first-order valence-electron chi connectivity index (χ1n) is 11.9.